The fourth-order valence-corrected chi connectivity index (χ4v) is 5.52. The Morgan fingerprint density at radius 2 is 1.77 bits per heavy atom. The van der Waals surface area contributed by atoms with Gasteiger partial charge in [-0.15, -0.1) is 0 Å². The number of hydrogen-bond donors (Lipinski definition) is 0. The van der Waals surface area contributed by atoms with Crippen LogP contribution in [0.15, 0.2) is 66.7 Å². The van der Waals surface area contributed by atoms with Crippen LogP contribution in [0.2, 0.25) is 5.02 Å². The minimum absolute atomic E-state index is 0.101. The number of aromatic nitrogens is 2. The monoisotopic (exact) mass is 606 g/mol. The molecule has 0 fully saturated rings. The number of ether oxygens (including phenoxy) is 3. The lowest BCUT2D eigenvalue weighted by Crippen LogP contribution is -2.32. The second-order valence-corrected chi connectivity index (χ2v) is 10.9. The summed E-state index contributed by atoms with van der Waals surface area (Å²) in [6, 6.07) is 16.7. The SMILES string of the molecule is COCCn1c(Cc2c(F)cc(-c3cccc4c3OC(C)(c3ccc(Cl)cc3F)O4)cc2F)nc2ccc(C(C)=O)cc21. The fraction of sp³-hybridized carbons (Fsp3) is 0.212. The van der Waals surface area contributed by atoms with Gasteiger partial charge >= 0.3 is 0 Å². The molecule has 0 N–H and O–H groups in total. The van der Waals surface area contributed by atoms with E-state index in [2.05, 4.69) is 4.98 Å². The smallest absolute Gasteiger partial charge is 0.278 e. The zero-order valence-electron chi connectivity index (χ0n) is 23.5. The zero-order valence-corrected chi connectivity index (χ0v) is 24.3. The first-order valence-electron chi connectivity index (χ1n) is 13.5. The van der Waals surface area contributed by atoms with Crippen LogP contribution in [0.5, 0.6) is 11.5 Å². The number of imidazole rings is 1. The number of carbonyl (C=O) groups is 1. The maximum Gasteiger partial charge on any atom is 0.278 e. The highest BCUT2D eigenvalue weighted by molar-refractivity contribution is 6.30. The second kappa shape index (κ2) is 11.1. The lowest BCUT2D eigenvalue weighted by Gasteiger charge is -2.24. The molecule has 5 aromatic rings. The molecule has 6 nitrogen and oxygen atoms in total. The molecule has 0 aliphatic carbocycles. The van der Waals surface area contributed by atoms with Crippen molar-refractivity contribution in [2.24, 2.45) is 0 Å². The first kappa shape index (κ1) is 28.8. The molecule has 43 heavy (non-hydrogen) atoms. The summed E-state index contributed by atoms with van der Waals surface area (Å²) in [7, 11) is 1.56. The minimum atomic E-state index is -1.52. The number of rotatable bonds is 8. The van der Waals surface area contributed by atoms with Crippen LogP contribution < -0.4 is 9.47 Å². The molecule has 6 rings (SSSR count). The van der Waals surface area contributed by atoms with Crippen molar-refractivity contribution in [2.45, 2.75) is 32.6 Å². The summed E-state index contributed by atoms with van der Waals surface area (Å²) < 4.78 is 65.3. The van der Waals surface area contributed by atoms with Gasteiger partial charge in [-0.1, -0.05) is 23.7 Å². The van der Waals surface area contributed by atoms with Crippen molar-refractivity contribution in [3.05, 3.63) is 112 Å². The average Bonchev–Trinajstić information content (AvgIpc) is 3.49. The molecular weight excluding hydrogens is 581 g/mol. The molecule has 0 amide bonds. The molecule has 2 heterocycles. The highest BCUT2D eigenvalue weighted by atomic mass is 35.5. The van der Waals surface area contributed by atoms with E-state index in [1.807, 2.05) is 4.57 Å². The molecule has 4 aromatic carbocycles. The average molecular weight is 607 g/mol. The molecule has 1 aromatic heterocycles. The molecule has 220 valence electrons. The number of benzene rings is 4. The lowest BCUT2D eigenvalue weighted by atomic mass is 10.00. The standard InChI is InChI=1S/C33H26ClF3N2O4/c1-18(40)19-7-10-28-29(15-19)39(11-12-41-3)31(38-28)17-23-25(35)13-20(14-26(23)36)22-5-4-6-30-32(22)43-33(2,42-30)24-9-8-21(34)16-27(24)37/h4-10,13-16H,11-12,17H2,1-3H3. The van der Waals surface area contributed by atoms with Gasteiger partial charge in [-0.3, -0.25) is 4.79 Å². The van der Waals surface area contributed by atoms with Crippen molar-refractivity contribution in [3.63, 3.8) is 0 Å². The van der Waals surface area contributed by atoms with E-state index in [-0.39, 0.29) is 39.7 Å². The summed E-state index contributed by atoms with van der Waals surface area (Å²) >= 11 is 5.91. The Morgan fingerprint density at radius 1 is 1.00 bits per heavy atom. The van der Waals surface area contributed by atoms with E-state index in [0.717, 1.165) is 6.07 Å². The molecule has 0 saturated heterocycles. The maximum atomic E-state index is 15.7. The summed E-state index contributed by atoms with van der Waals surface area (Å²) in [6.45, 7) is 3.75. The third kappa shape index (κ3) is 5.23. The van der Waals surface area contributed by atoms with Crippen molar-refractivity contribution >= 4 is 28.4 Å². The topological polar surface area (TPSA) is 62.6 Å². The van der Waals surface area contributed by atoms with Crippen LogP contribution in [0.4, 0.5) is 13.2 Å². The van der Waals surface area contributed by atoms with Crippen molar-refractivity contribution in [2.75, 3.05) is 13.7 Å². The summed E-state index contributed by atoms with van der Waals surface area (Å²) in [5, 5.41) is 0.224. The first-order chi connectivity index (χ1) is 20.6. The number of Topliss-reactive ketones (excluding diaryl/α,β-unsaturated/α-hetero) is 1. The maximum absolute atomic E-state index is 15.7. The quantitative estimate of drug-likeness (QED) is 0.168. The predicted octanol–water partition coefficient (Wildman–Crippen LogP) is 7.86. The van der Waals surface area contributed by atoms with Crippen LogP contribution in [0.1, 0.15) is 41.2 Å². The van der Waals surface area contributed by atoms with Crippen molar-refractivity contribution in [3.8, 4) is 22.6 Å². The van der Waals surface area contributed by atoms with Crippen LogP contribution in [-0.2, 0) is 23.5 Å². The van der Waals surface area contributed by atoms with Crippen LogP contribution in [0.25, 0.3) is 22.2 Å². The molecular formula is C33H26ClF3N2O4. The Morgan fingerprint density at radius 3 is 2.47 bits per heavy atom. The van der Waals surface area contributed by atoms with Crippen LogP contribution in [0.3, 0.4) is 0 Å². The summed E-state index contributed by atoms with van der Waals surface area (Å²) in [5.74, 6) is -2.81. The summed E-state index contributed by atoms with van der Waals surface area (Å²) in [5.41, 5.74) is 2.35. The Kier molecular flexibility index (Phi) is 7.40. The van der Waals surface area contributed by atoms with Crippen molar-refractivity contribution in [1.82, 2.24) is 9.55 Å². The Balaban J connectivity index is 1.35. The number of hydrogen-bond acceptors (Lipinski definition) is 5. The summed E-state index contributed by atoms with van der Waals surface area (Å²) in [6.07, 6.45) is -0.133. The van der Waals surface area contributed by atoms with Gasteiger partial charge in [0.15, 0.2) is 17.3 Å². The van der Waals surface area contributed by atoms with Gasteiger partial charge in [-0.2, -0.15) is 0 Å². The number of methoxy groups -OCH3 is 1. The van der Waals surface area contributed by atoms with E-state index >= 15 is 8.78 Å². The molecule has 0 radical (unpaired) electrons. The first-order valence-corrected chi connectivity index (χ1v) is 13.9. The number of fused-ring (bicyclic) bond motifs is 2. The molecule has 0 saturated carbocycles. The van der Waals surface area contributed by atoms with Gasteiger partial charge in [0.05, 0.1) is 23.2 Å². The van der Waals surface area contributed by atoms with Gasteiger partial charge in [0.1, 0.15) is 23.3 Å². The van der Waals surface area contributed by atoms with E-state index < -0.39 is 23.2 Å². The highest BCUT2D eigenvalue weighted by Crippen LogP contribution is 2.50. The highest BCUT2D eigenvalue weighted by Gasteiger charge is 2.42. The van der Waals surface area contributed by atoms with Crippen LogP contribution >= 0.6 is 11.6 Å². The second-order valence-electron chi connectivity index (χ2n) is 10.4. The molecule has 1 atom stereocenters. The third-order valence-corrected chi connectivity index (χ3v) is 7.78. The van der Waals surface area contributed by atoms with Gasteiger partial charge in [0.25, 0.3) is 5.79 Å². The van der Waals surface area contributed by atoms with Gasteiger partial charge in [-0.25, -0.2) is 18.2 Å². The Hall–Kier alpha value is -4.34. The Bertz CT molecular complexity index is 1880. The van der Waals surface area contributed by atoms with Gasteiger partial charge in [-0.05, 0) is 67.1 Å². The Labute approximate surface area is 250 Å². The molecule has 1 unspecified atom stereocenters. The largest absolute Gasteiger partial charge is 0.444 e. The molecule has 1 aliphatic heterocycles. The van der Waals surface area contributed by atoms with E-state index in [9.17, 15) is 9.18 Å². The molecule has 1 aliphatic rings. The minimum Gasteiger partial charge on any atom is -0.444 e. The van der Waals surface area contributed by atoms with Gasteiger partial charge in [0, 0.05) is 48.7 Å². The van der Waals surface area contributed by atoms with Gasteiger partial charge < -0.3 is 18.8 Å². The number of carbonyl (C=O) groups excluding carboxylic acids is 1. The predicted molar refractivity (Wildman–Crippen MR) is 156 cm³/mol. The van der Waals surface area contributed by atoms with E-state index in [1.54, 1.807) is 50.4 Å². The number of para-hydroxylation sites is 1. The number of halogens is 4. The third-order valence-electron chi connectivity index (χ3n) is 7.54. The number of ketones is 1. The normalized spacial score (nSPS) is 15.8. The molecule has 0 bridgehead atoms. The molecule has 10 heteroatoms. The van der Waals surface area contributed by atoms with Crippen LogP contribution in [-0.4, -0.2) is 29.1 Å². The molecule has 0 spiro atoms. The fourth-order valence-electron chi connectivity index (χ4n) is 5.37. The van der Waals surface area contributed by atoms with Crippen LogP contribution in [0, 0.1) is 17.5 Å². The van der Waals surface area contributed by atoms with Gasteiger partial charge in [0.2, 0.25) is 0 Å². The number of nitrogens with zero attached hydrogens (tertiary/aromatic N) is 2. The van der Waals surface area contributed by atoms with Crippen molar-refractivity contribution < 1.29 is 32.2 Å². The summed E-state index contributed by atoms with van der Waals surface area (Å²) in [4.78, 5) is 16.6. The lowest BCUT2D eigenvalue weighted by molar-refractivity contribution is -0.0705. The van der Waals surface area contributed by atoms with E-state index in [1.165, 1.54) is 31.2 Å². The van der Waals surface area contributed by atoms with Crippen molar-refractivity contribution in [1.29, 1.82) is 0 Å². The zero-order chi connectivity index (χ0) is 30.5. The van der Waals surface area contributed by atoms with E-state index in [0.29, 0.717) is 46.9 Å². The van der Waals surface area contributed by atoms with E-state index in [4.69, 9.17) is 25.8 Å².